The number of carbonyl (C=O) groups excluding carboxylic acids is 1. The Kier molecular flexibility index (Phi) is 10.6. The highest BCUT2D eigenvalue weighted by molar-refractivity contribution is 5.67. The van der Waals surface area contributed by atoms with Crippen LogP contribution in [0.2, 0.25) is 0 Å². The van der Waals surface area contributed by atoms with Crippen molar-refractivity contribution in [3.63, 3.8) is 0 Å². The first kappa shape index (κ1) is 20.7. The van der Waals surface area contributed by atoms with Gasteiger partial charge in [0.1, 0.15) is 5.60 Å². The lowest BCUT2D eigenvalue weighted by molar-refractivity contribution is -0.137. The van der Waals surface area contributed by atoms with E-state index in [9.17, 15) is 9.59 Å². The van der Waals surface area contributed by atoms with Gasteiger partial charge in [0.15, 0.2) is 0 Å². The molecule has 0 rings (SSSR count). The summed E-state index contributed by atoms with van der Waals surface area (Å²) in [5.41, 5.74) is -0.478. The molecule has 0 saturated heterocycles. The van der Waals surface area contributed by atoms with Gasteiger partial charge >= 0.3 is 12.1 Å². The molecular weight excluding hydrogens is 284 g/mol. The molecule has 2 N–H and O–H groups in total. The molecule has 0 heterocycles. The number of carboxylic acid groups (broad SMARTS) is 1. The monoisotopic (exact) mass is 316 g/mol. The fraction of sp³-hybridized carbons (Fsp3) is 0.875. The summed E-state index contributed by atoms with van der Waals surface area (Å²) in [6.07, 6.45) is 3.53. The van der Waals surface area contributed by atoms with Crippen LogP contribution >= 0.6 is 0 Å². The molecule has 0 aromatic rings. The Balaban J connectivity index is 3.91. The molecule has 0 aliphatic rings. The summed E-state index contributed by atoms with van der Waals surface area (Å²) in [6, 6.07) is 0. The standard InChI is InChI=1S/C16H32N2O4/c1-5-6-11-18(12-7-9-14(19)20)13-8-10-17-15(21)22-16(2,3)4/h5-13H2,1-4H3,(H,17,21)(H,19,20). The Morgan fingerprint density at radius 3 is 2.23 bits per heavy atom. The quantitative estimate of drug-likeness (QED) is 0.573. The minimum absolute atomic E-state index is 0.207. The number of carbonyl (C=O) groups is 2. The van der Waals surface area contributed by atoms with Gasteiger partial charge in [0.2, 0.25) is 0 Å². The molecule has 0 aliphatic carbocycles. The first-order valence-corrected chi connectivity index (χ1v) is 8.15. The molecule has 0 saturated carbocycles. The number of aliphatic carboxylic acids is 1. The van der Waals surface area contributed by atoms with E-state index in [1.807, 2.05) is 20.8 Å². The number of carboxylic acids is 1. The van der Waals surface area contributed by atoms with Gasteiger partial charge in [-0.2, -0.15) is 0 Å². The van der Waals surface area contributed by atoms with Crippen LogP contribution in [-0.2, 0) is 9.53 Å². The third kappa shape index (κ3) is 13.7. The van der Waals surface area contributed by atoms with Crippen LogP contribution in [0.15, 0.2) is 0 Å². The minimum atomic E-state index is -0.748. The third-order valence-electron chi connectivity index (χ3n) is 3.01. The van der Waals surface area contributed by atoms with Gasteiger partial charge in [-0.15, -0.1) is 0 Å². The lowest BCUT2D eigenvalue weighted by Crippen LogP contribution is -2.35. The average molecular weight is 316 g/mol. The van der Waals surface area contributed by atoms with Gasteiger partial charge in [0.25, 0.3) is 0 Å². The molecule has 22 heavy (non-hydrogen) atoms. The van der Waals surface area contributed by atoms with E-state index < -0.39 is 17.7 Å². The van der Waals surface area contributed by atoms with Gasteiger partial charge in [-0.3, -0.25) is 4.79 Å². The number of nitrogens with zero attached hydrogens (tertiary/aromatic N) is 1. The molecule has 0 bridgehead atoms. The molecule has 6 heteroatoms. The number of unbranched alkanes of at least 4 members (excludes halogenated alkanes) is 1. The van der Waals surface area contributed by atoms with Crippen molar-refractivity contribution in [2.75, 3.05) is 26.2 Å². The zero-order valence-electron chi connectivity index (χ0n) is 14.5. The number of rotatable bonds is 11. The second kappa shape index (κ2) is 11.3. The van der Waals surface area contributed by atoms with Gasteiger partial charge in [-0.05, 0) is 59.7 Å². The smallest absolute Gasteiger partial charge is 0.407 e. The molecule has 0 radical (unpaired) electrons. The zero-order valence-corrected chi connectivity index (χ0v) is 14.5. The molecule has 0 atom stereocenters. The van der Waals surface area contributed by atoms with Crippen molar-refractivity contribution >= 4 is 12.1 Å². The topological polar surface area (TPSA) is 78.9 Å². The summed E-state index contributed by atoms with van der Waals surface area (Å²) >= 11 is 0. The zero-order chi connectivity index (χ0) is 17.0. The Labute approximate surface area is 134 Å². The van der Waals surface area contributed by atoms with E-state index >= 15 is 0 Å². The molecule has 6 nitrogen and oxygen atoms in total. The van der Waals surface area contributed by atoms with Crippen molar-refractivity contribution in [2.24, 2.45) is 0 Å². The number of hydrogen-bond acceptors (Lipinski definition) is 4. The number of hydrogen-bond donors (Lipinski definition) is 2. The highest BCUT2D eigenvalue weighted by Crippen LogP contribution is 2.06. The molecule has 0 spiro atoms. The van der Waals surface area contributed by atoms with Crippen molar-refractivity contribution in [3.05, 3.63) is 0 Å². The SMILES string of the molecule is CCCCN(CCCNC(=O)OC(C)(C)C)CCCC(=O)O. The van der Waals surface area contributed by atoms with E-state index in [1.165, 1.54) is 0 Å². The van der Waals surface area contributed by atoms with Crippen LogP contribution in [0.1, 0.15) is 59.8 Å². The van der Waals surface area contributed by atoms with Crippen LogP contribution in [0.3, 0.4) is 0 Å². The van der Waals surface area contributed by atoms with Gasteiger partial charge < -0.3 is 20.1 Å². The van der Waals surface area contributed by atoms with Crippen molar-refractivity contribution < 1.29 is 19.4 Å². The van der Waals surface area contributed by atoms with Gasteiger partial charge in [-0.25, -0.2) is 4.79 Å². The van der Waals surface area contributed by atoms with Crippen LogP contribution in [0.5, 0.6) is 0 Å². The fourth-order valence-electron chi connectivity index (χ4n) is 1.98. The number of amides is 1. The van der Waals surface area contributed by atoms with Gasteiger partial charge in [0.05, 0.1) is 0 Å². The van der Waals surface area contributed by atoms with Crippen molar-refractivity contribution in [2.45, 2.75) is 65.4 Å². The lowest BCUT2D eigenvalue weighted by Gasteiger charge is -2.22. The van der Waals surface area contributed by atoms with Crippen LogP contribution < -0.4 is 5.32 Å². The van der Waals surface area contributed by atoms with E-state index in [0.29, 0.717) is 13.0 Å². The number of ether oxygens (including phenoxy) is 1. The van der Waals surface area contributed by atoms with Crippen LogP contribution in [0.4, 0.5) is 4.79 Å². The predicted octanol–water partition coefficient (Wildman–Crippen LogP) is 2.87. The highest BCUT2D eigenvalue weighted by atomic mass is 16.6. The van der Waals surface area contributed by atoms with Crippen molar-refractivity contribution in [3.8, 4) is 0 Å². The Morgan fingerprint density at radius 2 is 1.68 bits per heavy atom. The normalized spacial score (nSPS) is 11.5. The van der Waals surface area contributed by atoms with Gasteiger partial charge in [-0.1, -0.05) is 13.3 Å². The third-order valence-corrected chi connectivity index (χ3v) is 3.01. The van der Waals surface area contributed by atoms with E-state index in [1.54, 1.807) is 0 Å². The van der Waals surface area contributed by atoms with E-state index in [0.717, 1.165) is 38.9 Å². The molecule has 0 aromatic heterocycles. The average Bonchev–Trinajstić information content (AvgIpc) is 2.37. The van der Waals surface area contributed by atoms with Crippen LogP contribution in [0.25, 0.3) is 0 Å². The van der Waals surface area contributed by atoms with E-state index in [2.05, 4.69) is 17.1 Å². The Hall–Kier alpha value is -1.30. The maximum atomic E-state index is 11.5. The first-order chi connectivity index (χ1) is 10.2. The maximum Gasteiger partial charge on any atom is 0.407 e. The largest absolute Gasteiger partial charge is 0.481 e. The predicted molar refractivity (Wildman–Crippen MR) is 87.1 cm³/mol. The van der Waals surface area contributed by atoms with E-state index in [4.69, 9.17) is 9.84 Å². The fourth-order valence-corrected chi connectivity index (χ4v) is 1.98. The molecule has 1 amide bonds. The van der Waals surface area contributed by atoms with E-state index in [-0.39, 0.29) is 6.42 Å². The number of alkyl carbamates (subject to hydrolysis) is 1. The summed E-state index contributed by atoms with van der Waals surface area (Å²) < 4.78 is 5.17. The minimum Gasteiger partial charge on any atom is -0.481 e. The summed E-state index contributed by atoms with van der Waals surface area (Å²) in [7, 11) is 0. The number of nitrogens with one attached hydrogen (secondary N) is 1. The van der Waals surface area contributed by atoms with Crippen LogP contribution in [0, 0.1) is 0 Å². The highest BCUT2D eigenvalue weighted by Gasteiger charge is 2.15. The molecule has 0 unspecified atom stereocenters. The maximum absolute atomic E-state index is 11.5. The second-order valence-corrected chi connectivity index (χ2v) is 6.47. The summed E-state index contributed by atoms with van der Waals surface area (Å²) in [5.74, 6) is -0.748. The van der Waals surface area contributed by atoms with Crippen LogP contribution in [-0.4, -0.2) is 53.8 Å². The molecule has 0 aliphatic heterocycles. The van der Waals surface area contributed by atoms with Crippen molar-refractivity contribution in [1.29, 1.82) is 0 Å². The Morgan fingerprint density at radius 1 is 1.09 bits per heavy atom. The van der Waals surface area contributed by atoms with Crippen molar-refractivity contribution in [1.82, 2.24) is 10.2 Å². The van der Waals surface area contributed by atoms with Gasteiger partial charge in [0, 0.05) is 13.0 Å². The first-order valence-electron chi connectivity index (χ1n) is 8.15. The molecule has 0 fully saturated rings. The molecule has 0 aromatic carbocycles. The summed E-state index contributed by atoms with van der Waals surface area (Å²) in [4.78, 5) is 24.3. The second-order valence-electron chi connectivity index (χ2n) is 6.47. The summed E-state index contributed by atoms with van der Waals surface area (Å²) in [6.45, 7) is 10.8. The molecular formula is C16H32N2O4. The Bertz CT molecular complexity index is 327. The lowest BCUT2D eigenvalue weighted by atomic mass is 10.2. The summed E-state index contributed by atoms with van der Waals surface area (Å²) in [5, 5.41) is 11.4. The molecule has 130 valence electrons.